The van der Waals surface area contributed by atoms with Crippen molar-refractivity contribution in [2.24, 2.45) is 0 Å². The fraction of sp³-hybridized carbons (Fsp3) is 0.316. The van der Waals surface area contributed by atoms with Crippen LogP contribution in [0.3, 0.4) is 0 Å². The number of carbonyl (C=O) groups excluding carboxylic acids is 1. The van der Waals surface area contributed by atoms with Gasteiger partial charge in [0.2, 0.25) is 5.91 Å². The van der Waals surface area contributed by atoms with Gasteiger partial charge in [0.1, 0.15) is 0 Å². The summed E-state index contributed by atoms with van der Waals surface area (Å²) in [6, 6.07) is 8.05. The van der Waals surface area contributed by atoms with E-state index in [1.807, 2.05) is 31.2 Å². The minimum Gasteiger partial charge on any atom is -0.323 e. The molecule has 1 aromatic carbocycles. The van der Waals surface area contributed by atoms with Gasteiger partial charge >= 0.3 is 6.18 Å². The molecule has 0 fully saturated rings. The lowest BCUT2D eigenvalue weighted by Gasteiger charge is -2.05. The minimum atomic E-state index is -4.55. The van der Waals surface area contributed by atoms with Crippen LogP contribution in [0.4, 0.5) is 18.9 Å². The Bertz CT molecular complexity index is 1010. The molecule has 10 heteroatoms. The molecule has 0 spiro atoms. The summed E-state index contributed by atoms with van der Waals surface area (Å²) in [6.45, 7) is 4.12. The fourth-order valence-electron chi connectivity index (χ4n) is 2.75. The first kappa shape index (κ1) is 21.1. The monoisotopic (exact) mass is 469 g/mol. The molecule has 29 heavy (non-hydrogen) atoms. The zero-order valence-corrected chi connectivity index (χ0v) is 17.4. The topological polar surface area (TPSA) is 64.7 Å². The molecular weight excluding hydrogens is 451 g/mol. The molecule has 0 saturated carbocycles. The predicted molar refractivity (Wildman–Crippen MR) is 105 cm³/mol. The van der Waals surface area contributed by atoms with E-state index in [0.29, 0.717) is 17.9 Å². The number of anilines is 1. The molecule has 0 aliphatic carbocycles. The van der Waals surface area contributed by atoms with Crippen molar-refractivity contribution in [3.05, 3.63) is 63.6 Å². The first-order valence-corrected chi connectivity index (χ1v) is 9.60. The van der Waals surface area contributed by atoms with Gasteiger partial charge in [0.15, 0.2) is 5.69 Å². The van der Waals surface area contributed by atoms with Gasteiger partial charge in [0.05, 0.1) is 35.1 Å². The third kappa shape index (κ3) is 5.26. The van der Waals surface area contributed by atoms with Crippen molar-refractivity contribution in [3.8, 4) is 0 Å². The molecule has 3 aromatic rings. The molecule has 0 radical (unpaired) electrons. The van der Waals surface area contributed by atoms with Crippen molar-refractivity contribution in [1.82, 2.24) is 19.6 Å². The summed E-state index contributed by atoms with van der Waals surface area (Å²) in [5.41, 5.74) is 2.10. The maximum absolute atomic E-state index is 12.9. The number of benzene rings is 1. The highest BCUT2D eigenvalue weighted by atomic mass is 79.9. The van der Waals surface area contributed by atoms with Gasteiger partial charge in [-0.1, -0.05) is 29.8 Å². The van der Waals surface area contributed by atoms with Gasteiger partial charge in [-0.05, 0) is 35.3 Å². The Morgan fingerprint density at radius 2 is 1.90 bits per heavy atom. The summed E-state index contributed by atoms with van der Waals surface area (Å²) < 4.78 is 41.5. The third-order valence-electron chi connectivity index (χ3n) is 4.33. The number of hydrogen-bond acceptors (Lipinski definition) is 3. The van der Waals surface area contributed by atoms with Crippen LogP contribution < -0.4 is 5.32 Å². The maximum atomic E-state index is 12.9. The Hall–Kier alpha value is -2.62. The first-order valence-electron chi connectivity index (χ1n) is 8.81. The van der Waals surface area contributed by atoms with Crippen LogP contribution in [0.15, 0.2) is 41.1 Å². The van der Waals surface area contributed by atoms with E-state index in [1.165, 1.54) is 23.4 Å². The number of amides is 1. The zero-order chi connectivity index (χ0) is 21.2. The van der Waals surface area contributed by atoms with Crippen LogP contribution in [-0.2, 0) is 24.1 Å². The van der Waals surface area contributed by atoms with Crippen molar-refractivity contribution < 1.29 is 18.0 Å². The molecule has 6 nitrogen and oxygen atoms in total. The second-order valence-electron chi connectivity index (χ2n) is 6.68. The van der Waals surface area contributed by atoms with Crippen molar-refractivity contribution >= 4 is 27.5 Å². The largest absolute Gasteiger partial charge is 0.436 e. The van der Waals surface area contributed by atoms with Crippen LogP contribution >= 0.6 is 15.9 Å². The molecule has 0 unspecified atom stereocenters. The van der Waals surface area contributed by atoms with Crippen LogP contribution in [0.25, 0.3) is 0 Å². The lowest BCUT2D eigenvalue weighted by Crippen LogP contribution is -2.16. The highest BCUT2D eigenvalue weighted by molar-refractivity contribution is 9.10. The summed E-state index contributed by atoms with van der Waals surface area (Å²) in [5, 5.41) is 10.5. The number of carbonyl (C=O) groups is 1. The SMILES string of the molecule is Cc1ccc(Cn2cc(NC(=O)CCn3nc(C(F)(F)F)c(Br)c3C)cn2)cc1. The quantitative estimate of drug-likeness (QED) is 0.575. The Kier molecular flexibility index (Phi) is 6.11. The van der Waals surface area contributed by atoms with E-state index >= 15 is 0 Å². The average Bonchev–Trinajstić information content (AvgIpc) is 3.20. The molecule has 154 valence electrons. The van der Waals surface area contributed by atoms with E-state index in [-0.39, 0.29) is 23.3 Å². The molecule has 0 saturated heterocycles. The second kappa shape index (κ2) is 8.40. The second-order valence-corrected chi connectivity index (χ2v) is 7.47. The molecule has 0 atom stereocenters. The summed E-state index contributed by atoms with van der Waals surface area (Å²) in [4.78, 5) is 12.2. The third-order valence-corrected chi connectivity index (χ3v) is 5.28. The predicted octanol–water partition coefficient (Wildman–Crippen LogP) is 4.55. The number of alkyl halides is 3. The Labute approximate surface area is 173 Å². The maximum Gasteiger partial charge on any atom is 0.436 e. The molecule has 0 aliphatic heterocycles. The van der Waals surface area contributed by atoms with Gasteiger partial charge < -0.3 is 5.32 Å². The summed E-state index contributed by atoms with van der Waals surface area (Å²) in [5.74, 6) is -0.334. The zero-order valence-electron chi connectivity index (χ0n) is 15.8. The Balaban J connectivity index is 1.56. The summed E-state index contributed by atoms with van der Waals surface area (Å²) in [7, 11) is 0. The standard InChI is InChI=1S/C19H19BrF3N5O/c1-12-3-5-14(6-4-12)10-27-11-15(9-24-27)25-16(29)7-8-28-13(2)17(20)18(26-28)19(21,22)23/h3-6,9,11H,7-8,10H2,1-2H3,(H,25,29). The molecule has 0 aliphatic rings. The summed E-state index contributed by atoms with van der Waals surface area (Å²) >= 11 is 2.92. The highest BCUT2D eigenvalue weighted by Gasteiger charge is 2.37. The molecule has 1 N–H and O–H groups in total. The molecule has 3 rings (SSSR count). The van der Waals surface area contributed by atoms with E-state index < -0.39 is 11.9 Å². The van der Waals surface area contributed by atoms with Crippen LogP contribution in [0, 0.1) is 13.8 Å². The van der Waals surface area contributed by atoms with Gasteiger partial charge in [-0.15, -0.1) is 0 Å². The lowest BCUT2D eigenvalue weighted by atomic mass is 10.1. The van der Waals surface area contributed by atoms with Crippen molar-refractivity contribution in [1.29, 1.82) is 0 Å². The van der Waals surface area contributed by atoms with Gasteiger partial charge in [-0.25, -0.2) is 0 Å². The molecule has 0 bridgehead atoms. The minimum absolute atomic E-state index is 0.0185. The van der Waals surface area contributed by atoms with Crippen LogP contribution in [-0.4, -0.2) is 25.5 Å². The number of hydrogen-bond donors (Lipinski definition) is 1. The normalized spacial score (nSPS) is 11.7. The average molecular weight is 470 g/mol. The van der Waals surface area contributed by atoms with Crippen LogP contribution in [0.1, 0.15) is 28.9 Å². The molecular formula is C19H19BrF3N5O. The van der Waals surface area contributed by atoms with E-state index in [0.717, 1.165) is 5.56 Å². The number of halogens is 4. The van der Waals surface area contributed by atoms with E-state index in [1.54, 1.807) is 10.9 Å². The molecule has 2 heterocycles. The Morgan fingerprint density at radius 1 is 1.21 bits per heavy atom. The van der Waals surface area contributed by atoms with Crippen LogP contribution in [0.2, 0.25) is 0 Å². The smallest absolute Gasteiger partial charge is 0.323 e. The number of nitrogens with one attached hydrogen (secondary N) is 1. The van der Waals surface area contributed by atoms with Gasteiger partial charge in [0.25, 0.3) is 0 Å². The van der Waals surface area contributed by atoms with Crippen molar-refractivity contribution in [2.75, 3.05) is 5.32 Å². The molecule has 1 amide bonds. The van der Waals surface area contributed by atoms with Gasteiger partial charge in [-0.3, -0.25) is 14.2 Å². The summed E-state index contributed by atoms with van der Waals surface area (Å²) in [6.07, 6.45) is -1.34. The van der Waals surface area contributed by atoms with Crippen molar-refractivity contribution in [3.63, 3.8) is 0 Å². The van der Waals surface area contributed by atoms with E-state index in [2.05, 4.69) is 31.4 Å². The lowest BCUT2D eigenvalue weighted by molar-refractivity contribution is -0.142. The number of rotatable bonds is 6. The first-order chi connectivity index (χ1) is 13.6. The fourth-order valence-corrected chi connectivity index (χ4v) is 3.26. The molecule has 2 aromatic heterocycles. The highest BCUT2D eigenvalue weighted by Crippen LogP contribution is 2.35. The van der Waals surface area contributed by atoms with Crippen LogP contribution in [0.5, 0.6) is 0 Å². The van der Waals surface area contributed by atoms with E-state index in [9.17, 15) is 18.0 Å². The number of aryl methyl sites for hydroxylation is 2. The van der Waals surface area contributed by atoms with Gasteiger partial charge in [-0.2, -0.15) is 23.4 Å². The van der Waals surface area contributed by atoms with Crippen molar-refractivity contribution in [2.45, 2.75) is 39.5 Å². The van der Waals surface area contributed by atoms with E-state index in [4.69, 9.17) is 0 Å². The number of nitrogens with zero attached hydrogens (tertiary/aromatic N) is 4. The number of aromatic nitrogens is 4. The van der Waals surface area contributed by atoms with Gasteiger partial charge in [0, 0.05) is 12.6 Å². The Morgan fingerprint density at radius 3 is 2.52 bits per heavy atom.